The number of fused-ring (bicyclic) bond motifs is 1. The number of carbonyl (C=O) groups excluding carboxylic acids is 1. The normalized spacial score (nSPS) is 10.3. The van der Waals surface area contributed by atoms with E-state index in [0.717, 1.165) is 33.3 Å². The summed E-state index contributed by atoms with van der Waals surface area (Å²) in [7, 11) is 1.64. The van der Waals surface area contributed by atoms with Gasteiger partial charge in [-0.1, -0.05) is 42.5 Å². The summed E-state index contributed by atoms with van der Waals surface area (Å²) < 4.78 is 6.98. The molecule has 5 heteroatoms. The molecular weight excluding hydrogens is 416 g/mol. The zero-order valence-corrected chi connectivity index (χ0v) is 17.0. The second kappa shape index (κ2) is 8.76. The highest BCUT2D eigenvalue weighted by Crippen LogP contribution is 2.20. The molecule has 1 heterocycles. The van der Waals surface area contributed by atoms with Gasteiger partial charge in [0.2, 0.25) is 5.78 Å². The summed E-state index contributed by atoms with van der Waals surface area (Å²) in [6.07, 6.45) is 3.58. The summed E-state index contributed by atoms with van der Waals surface area (Å²) in [5.41, 5.74) is 2.59. The van der Waals surface area contributed by atoms with Gasteiger partial charge >= 0.3 is 0 Å². The molecule has 0 saturated carbocycles. The van der Waals surface area contributed by atoms with Crippen molar-refractivity contribution >= 4 is 16.6 Å². The Hall–Kier alpha value is -3.05. The average Bonchev–Trinajstić information content (AvgIpc) is 2.74. The molecule has 0 N–H and O–H groups in total. The maximum atomic E-state index is 12.8. The van der Waals surface area contributed by atoms with Gasteiger partial charge in [0.25, 0.3) is 6.33 Å². The molecule has 140 valence electrons. The number of benzene rings is 3. The molecular formula is C23H19BrN2O2. The van der Waals surface area contributed by atoms with Gasteiger partial charge in [-0.3, -0.25) is 4.79 Å². The second-order valence-corrected chi connectivity index (χ2v) is 6.30. The van der Waals surface area contributed by atoms with Crippen molar-refractivity contribution in [2.45, 2.75) is 6.54 Å². The highest BCUT2D eigenvalue weighted by molar-refractivity contribution is 6.07. The Labute approximate surface area is 174 Å². The Kier molecular flexibility index (Phi) is 6.16. The minimum atomic E-state index is 0. The van der Waals surface area contributed by atoms with E-state index in [1.54, 1.807) is 18.0 Å². The second-order valence-electron chi connectivity index (χ2n) is 6.30. The van der Waals surface area contributed by atoms with Gasteiger partial charge in [-0.15, -0.1) is 0 Å². The predicted molar refractivity (Wildman–Crippen MR) is 105 cm³/mol. The van der Waals surface area contributed by atoms with Crippen LogP contribution in [-0.2, 0) is 6.54 Å². The van der Waals surface area contributed by atoms with Crippen LogP contribution >= 0.6 is 0 Å². The van der Waals surface area contributed by atoms with Gasteiger partial charge < -0.3 is 21.7 Å². The summed E-state index contributed by atoms with van der Waals surface area (Å²) in [6, 6.07) is 23.4. The minimum absolute atomic E-state index is 0. The van der Waals surface area contributed by atoms with Crippen molar-refractivity contribution in [2.75, 3.05) is 7.11 Å². The van der Waals surface area contributed by atoms with Crippen LogP contribution in [0.4, 0.5) is 0 Å². The van der Waals surface area contributed by atoms with Crippen molar-refractivity contribution in [3.05, 3.63) is 90.9 Å². The van der Waals surface area contributed by atoms with Crippen LogP contribution in [0.5, 0.6) is 5.75 Å². The zero-order valence-electron chi connectivity index (χ0n) is 15.4. The molecule has 0 unspecified atom stereocenters. The first-order valence-corrected chi connectivity index (χ1v) is 8.75. The van der Waals surface area contributed by atoms with E-state index >= 15 is 0 Å². The quantitative estimate of drug-likeness (QED) is 0.348. The number of ketones is 1. The van der Waals surface area contributed by atoms with Crippen molar-refractivity contribution in [1.29, 1.82) is 0 Å². The molecule has 0 fully saturated rings. The highest BCUT2D eigenvalue weighted by Gasteiger charge is 2.14. The van der Waals surface area contributed by atoms with E-state index in [2.05, 4.69) is 4.98 Å². The molecule has 0 aliphatic rings. The zero-order chi connectivity index (χ0) is 18.6. The number of halogens is 1. The summed E-state index contributed by atoms with van der Waals surface area (Å²) in [4.78, 5) is 17.3. The van der Waals surface area contributed by atoms with Gasteiger partial charge in [-0.05, 0) is 40.0 Å². The van der Waals surface area contributed by atoms with E-state index in [-0.39, 0.29) is 29.3 Å². The Morgan fingerprint density at radius 2 is 1.71 bits per heavy atom. The third-order valence-corrected chi connectivity index (χ3v) is 4.57. The lowest BCUT2D eigenvalue weighted by Gasteiger charge is -2.05. The number of nitrogens with zero attached hydrogens (tertiary/aromatic N) is 2. The van der Waals surface area contributed by atoms with Crippen molar-refractivity contribution in [2.24, 2.45) is 0 Å². The van der Waals surface area contributed by atoms with Crippen LogP contribution in [-0.4, -0.2) is 17.9 Å². The van der Waals surface area contributed by atoms with Crippen molar-refractivity contribution in [3.63, 3.8) is 0 Å². The van der Waals surface area contributed by atoms with Crippen molar-refractivity contribution in [1.82, 2.24) is 4.98 Å². The van der Waals surface area contributed by atoms with Gasteiger partial charge in [0, 0.05) is 17.2 Å². The SMILES string of the molecule is COc1ccc(-c2cc[n+](CC(=O)c3cccc4ccccc34)cn2)cc1.[Br-]. The van der Waals surface area contributed by atoms with Crippen LogP contribution in [0.1, 0.15) is 10.4 Å². The number of hydrogen-bond acceptors (Lipinski definition) is 3. The van der Waals surface area contributed by atoms with E-state index in [1.807, 2.05) is 79.0 Å². The predicted octanol–water partition coefficient (Wildman–Crippen LogP) is 1.08. The van der Waals surface area contributed by atoms with Crippen molar-refractivity contribution < 1.29 is 31.1 Å². The standard InChI is InChI=1S/C23H19N2O2.BrH/c1-27-19-11-9-18(10-12-19)22-13-14-25(16-24-22)15-23(26)21-8-4-6-17-5-2-3-7-20(17)21;/h2-14,16H,15H2,1H3;1H/q+1;/p-1. The molecule has 0 aliphatic carbocycles. The van der Waals surface area contributed by atoms with Crippen LogP contribution in [0.3, 0.4) is 0 Å². The molecule has 28 heavy (non-hydrogen) atoms. The summed E-state index contributed by atoms with van der Waals surface area (Å²) >= 11 is 0. The van der Waals surface area contributed by atoms with Crippen LogP contribution < -0.4 is 26.3 Å². The van der Waals surface area contributed by atoms with Gasteiger partial charge in [0.1, 0.15) is 5.75 Å². The molecule has 0 atom stereocenters. The number of carbonyl (C=O) groups is 1. The van der Waals surface area contributed by atoms with E-state index in [4.69, 9.17) is 4.74 Å². The molecule has 4 nitrogen and oxygen atoms in total. The monoisotopic (exact) mass is 434 g/mol. The molecule has 1 aromatic heterocycles. The Bertz CT molecular complexity index is 1090. The molecule has 0 radical (unpaired) electrons. The fourth-order valence-electron chi connectivity index (χ4n) is 3.13. The largest absolute Gasteiger partial charge is 1.00 e. The number of aromatic nitrogens is 2. The van der Waals surface area contributed by atoms with Crippen LogP contribution in [0, 0.1) is 0 Å². The number of Topliss-reactive ketones (excluding diaryl/α,β-unsaturated/α-hetero) is 1. The third-order valence-electron chi connectivity index (χ3n) is 4.57. The van der Waals surface area contributed by atoms with Gasteiger partial charge in [-0.2, -0.15) is 0 Å². The molecule has 0 spiro atoms. The minimum Gasteiger partial charge on any atom is -1.00 e. The molecule has 0 aliphatic heterocycles. The van der Waals surface area contributed by atoms with E-state index < -0.39 is 0 Å². The number of rotatable bonds is 5. The molecule has 0 saturated heterocycles. The summed E-state index contributed by atoms with van der Waals surface area (Å²) in [5, 5.41) is 2.05. The number of methoxy groups -OCH3 is 1. The summed E-state index contributed by atoms with van der Waals surface area (Å²) in [6.45, 7) is 0.254. The van der Waals surface area contributed by atoms with E-state index in [0.29, 0.717) is 0 Å². The maximum absolute atomic E-state index is 12.8. The topological polar surface area (TPSA) is 43.1 Å². The Morgan fingerprint density at radius 3 is 2.43 bits per heavy atom. The van der Waals surface area contributed by atoms with Crippen LogP contribution in [0.2, 0.25) is 0 Å². The highest BCUT2D eigenvalue weighted by atomic mass is 79.9. The lowest BCUT2D eigenvalue weighted by atomic mass is 10.0. The first-order chi connectivity index (χ1) is 13.2. The lowest BCUT2D eigenvalue weighted by Crippen LogP contribution is -3.00. The maximum Gasteiger partial charge on any atom is 0.287 e. The molecule has 4 aromatic rings. The molecule has 0 bridgehead atoms. The van der Waals surface area contributed by atoms with Crippen molar-refractivity contribution in [3.8, 4) is 17.0 Å². The fourth-order valence-corrected chi connectivity index (χ4v) is 3.13. The first-order valence-electron chi connectivity index (χ1n) is 8.75. The van der Waals surface area contributed by atoms with Crippen LogP contribution in [0.25, 0.3) is 22.0 Å². The molecule has 3 aromatic carbocycles. The lowest BCUT2D eigenvalue weighted by molar-refractivity contribution is -0.686. The number of hydrogen-bond donors (Lipinski definition) is 0. The Morgan fingerprint density at radius 1 is 0.964 bits per heavy atom. The van der Waals surface area contributed by atoms with Gasteiger partial charge in [0.05, 0.1) is 13.3 Å². The van der Waals surface area contributed by atoms with Gasteiger partial charge in [-0.25, -0.2) is 4.57 Å². The van der Waals surface area contributed by atoms with Crippen LogP contribution in [0.15, 0.2) is 85.3 Å². The van der Waals surface area contributed by atoms with E-state index in [1.165, 1.54) is 0 Å². The Balaban J connectivity index is 0.00000225. The fraction of sp³-hybridized carbons (Fsp3) is 0.0870. The smallest absolute Gasteiger partial charge is 0.287 e. The number of ether oxygens (including phenoxy) is 1. The molecule has 0 amide bonds. The average molecular weight is 435 g/mol. The van der Waals surface area contributed by atoms with Gasteiger partial charge in [0.15, 0.2) is 12.2 Å². The third kappa shape index (κ3) is 4.10. The first kappa shape index (κ1) is 19.7. The molecule has 4 rings (SSSR count). The summed E-state index contributed by atoms with van der Waals surface area (Å²) in [5.74, 6) is 0.876. The van der Waals surface area contributed by atoms with E-state index in [9.17, 15) is 4.79 Å².